The summed E-state index contributed by atoms with van der Waals surface area (Å²) in [6, 6.07) is 13.5. The van der Waals surface area contributed by atoms with E-state index >= 15 is 0 Å². The van der Waals surface area contributed by atoms with Crippen molar-refractivity contribution in [1.82, 2.24) is 14.9 Å². The van der Waals surface area contributed by atoms with Crippen molar-refractivity contribution in [2.45, 2.75) is 36.7 Å². The molecule has 1 aliphatic rings. The second-order valence-corrected chi connectivity index (χ2v) is 7.70. The number of hydrogen-bond donors (Lipinski definition) is 2. The molecular weight excluding hydrogens is 377 g/mol. The quantitative estimate of drug-likeness (QED) is 0.703. The minimum Gasteiger partial charge on any atom is -0.325 e. The van der Waals surface area contributed by atoms with E-state index in [1.54, 1.807) is 12.1 Å². The zero-order valence-corrected chi connectivity index (χ0v) is 16.3. The minimum absolute atomic E-state index is 0.145. The molecule has 0 radical (unpaired) electrons. The smallest absolute Gasteiger partial charge is 0.240 e. The predicted octanol–water partition coefficient (Wildman–Crippen LogP) is 3.69. The van der Waals surface area contributed by atoms with Gasteiger partial charge in [-0.2, -0.15) is 0 Å². The normalized spacial score (nSPS) is 18.2. The Kier molecular flexibility index (Phi) is 5.04. The van der Waals surface area contributed by atoms with E-state index in [-0.39, 0.29) is 17.8 Å². The standard InChI is InChI=1S/C20H20FN5OS/c1-3-16-23-24-20-26(16)25-17(13-8-10-14(21)11-9-13)18(28-20)19(27)22-15-7-5-4-6-12(15)2/h4-11,17-18,25H,3H2,1-2H3,(H,22,27)/t17-,18+/m1/s1. The van der Waals surface area contributed by atoms with Crippen LogP contribution < -0.4 is 10.7 Å². The fourth-order valence-corrected chi connectivity index (χ4v) is 4.26. The maximum absolute atomic E-state index is 13.4. The summed E-state index contributed by atoms with van der Waals surface area (Å²) in [5.74, 6) is 0.327. The molecule has 2 atom stereocenters. The van der Waals surface area contributed by atoms with Crippen molar-refractivity contribution in [3.63, 3.8) is 0 Å². The van der Waals surface area contributed by atoms with E-state index in [0.29, 0.717) is 11.6 Å². The minimum atomic E-state index is -0.494. The first kappa shape index (κ1) is 18.5. The summed E-state index contributed by atoms with van der Waals surface area (Å²) >= 11 is 1.35. The molecule has 2 heterocycles. The maximum Gasteiger partial charge on any atom is 0.240 e. The summed E-state index contributed by atoms with van der Waals surface area (Å²) in [6.07, 6.45) is 0.705. The number of amides is 1. The van der Waals surface area contributed by atoms with Crippen LogP contribution >= 0.6 is 11.8 Å². The molecule has 0 spiro atoms. The fourth-order valence-electron chi connectivity index (χ4n) is 3.16. The third-order valence-electron chi connectivity index (χ3n) is 4.71. The number of nitrogens with one attached hydrogen (secondary N) is 2. The molecule has 2 N–H and O–H groups in total. The van der Waals surface area contributed by atoms with Crippen LogP contribution in [0.25, 0.3) is 0 Å². The molecule has 0 saturated carbocycles. The second kappa shape index (κ2) is 7.63. The van der Waals surface area contributed by atoms with Gasteiger partial charge in [0.25, 0.3) is 0 Å². The Bertz CT molecular complexity index is 1000. The van der Waals surface area contributed by atoms with Crippen molar-refractivity contribution >= 4 is 23.4 Å². The molecule has 2 aromatic carbocycles. The van der Waals surface area contributed by atoms with Gasteiger partial charge in [-0.15, -0.1) is 10.2 Å². The lowest BCUT2D eigenvalue weighted by Crippen LogP contribution is -2.41. The number of benzene rings is 2. The average molecular weight is 397 g/mol. The van der Waals surface area contributed by atoms with E-state index < -0.39 is 5.25 Å². The molecule has 0 fully saturated rings. The largest absolute Gasteiger partial charge is 0.325 e. The second-order valence-electron chi connectivity index (χ2n) is 6.59. The third kappa shape index (κ3) is 3.47. The van der Waals surface area contributed by atoms with Gasteiger partial charge < -0.3 is 10.7 Å². The predicted molar refractivity (Wildman–Crippen MR) is 107 cm³/mol. The molecule has 6 nitrogen and oxygen atoms in total. The molecule has 0 unspecified atom stereocenters. The lowest BCUT2D eigenvalue weighted by Gasteiger charge is -2.33. The Balaban J connectivity index is 1.68. The van der Waals surface area contributed by atoms with Crippen LogP contribution in [0.5, 0.6) is 0 Å². The van der Waals surface area contributed by atoms with Crippen LogP contribution in [0.4, 0.5) is 10.1 Å². The number of halogens is 1. The number of nitrogens with zero attached hydrogens (tertiary/aromatic N) is 3. The molecule has 3 aromatic rings. The van der Waals surface area contributed by atoms with Crippen LogP contribution in [-0.2, 0) is 11.2 Å². The van der Waals surface area contributed by atoms with Crippen LogP contribution in [-0.4, -0.2) is 26.0 Å². The zero-order valence-electron chi connectivity index (χ0n) is 15.5. The van der Waals surface area contributed by atoms with E-state index in [1.807, 2.05) is 42.8 Å². The number of hydrogen-bond acceptors (Lipinski definition) is 5. The Labute approximate surface area is 166 Å². The maximum atomic E-state index is 13.4. The number of thioether (sulfide) groups is 1. The van der Waals surface area contributed by atoms with Gasteiger partial charge in [0, 0.05) is 12.1 Å². The number of carbonyl (C=O) groups excluding carboxylic acids is 1. The van der Waals surface area contributed by atoms with Crippen LogP contribution in [0.2, 0.25) is 0 Å². The number of aryl methyl sites for hydroxylation is 2. The molecule has 1 amide bonds. The highest BCUT2D eigenvalue weighted by molar-refractivity contribution is 8.00. The van der Waals surface area contributed by atoms with Gasteiger partial charge in [0.1, 0.15) is 11.1 Å². The van der Waals surface area contributed by atoms with Crippen molar-refractivity contribution in [2.24, 2.45) is 0 Å². The Morgan fingerprint density at radius 2 is 1.96 bits per heavy atom. The average Bonchev–Trinajstić information content (AvgIpc) is 3.11. The number of carbonyl (C=O) groups is 1. The number of anilines is 1. The van der Waals surface area contributed by atoms with E-state index in [1.165, 1.54) is 23.9 Å². The van der Waals surface area contributed by atoms with Crippen LogP contribution in [0.3, 0.4) is 0 Å². The first-order valence-corrected chi connectivity index (χ1v) is 9.94. The lowest BCUT2D eigenvalue weighted by atomic mass is 10.0. The van der Waals surface area contributed by atoms with Crippen LogP contribution in [0, 0.1) is 12.7 Å². The molecule has 1 aliphatic heterocycles. The molecule has 0 saturated heterocycles. The third-order valence-corrected chi connectivity index (χ3v) is 5.93. The molecule has 144 valence electrons. The van der Waals surface area contributed by atoms with Crippen molar-refractivity contribution in [3.8, 4) is 0 Å². The summed E-state index contributed by atoms with van der Waals surface area (Å²) in [5, 5.41) is 11.5. The van der Waals surface area contributed by atoms with Gasteiger partial charge in [0.2, 0.25) is 11.1 Å². The number of rotatable bonds is 4. The van der Waals surface area contributed by atoms with Gasteiger partial charge in [0.15, 0.2) is 5.82 Å². The van der Waals surface area contributed by atoms with E-state index in [4.69, 9.17) is 0 Å². The van der Waals surface area contributed by atoms with E-state index in [2.05, 4.69) is 20.9 Å². The molecule has 0 bridgehead atoms. The summed E-state index contributed by atoms with van der Waals surface area (Å²) in [4.78, 5) is 13.2. The number of aromatic nitrogens is 3. The van der Waals surface area contributed by atoms with Gasteiger partial charge in [0.05, 0.1) is 6.04 Å². The number of para-hydroxylation sites is 1. The van der Waals surface area contributed by atoms with Crippen molar-refractivity contribution in [2.75, 3.05) is 10.7 Å². The van der Waals surface area contributed by atoms with Crippen LogP contribution in [0.1, 0.15) is 29.9 Å². The lowest BCUT2D eigenvalue weighted by molar-refractivity contribution is -0.116. The fraction of sp³-hybridized carbons (Fsp3) is 0.250. The van der Waals surface area contributed by atoms with Gasteiger partial charge in [-0.1, -0.05) is 49.0 Å². The van der Waals surface area contributed by atoms with Gasteiger partial charge in [-0.05, 0) is 36.2 Å². The van der Waals surface area contributed by atoms with Gasteiger partial charge in [-0.25, -0.2) is 9.07 Å². The zero-order chi connectivity index (χ0) is 19.7. The highest BCUT2D eigenvalue weighted by Gasteiger charge is 2.37. The first-order chi connectivity index (χ1) is 13.6. The van der Waals surface area contributed by atoms with Gasteiger partial charge in [-0.3, -0.25) is 4.79 Å². The monoisotopic (exact) mass is 397 g/mol. The van der Waals surface area contributed by atoms with Crippen molar-refractivity contribution < 1.29 is 9.18 Å². The van der Waals surface area contributed by atoms with Gasteiger partial charge >= 0.3 is 0 Å². The van der Waals surface area contributed by atoms with Crippen LogP contribution in [0.15, 0.2) is 53.7 Å². The summed E-state index contributed by atoms with van der Waals surface area (Å²) in [5.41, 5.74) is 5.93. The SMILES string of the molecule is CCc1nnc2n1N[C@H](c1ccc(F)cc1)[C@@H](C(=O)Nc1ccccc1C)S2. The molecular formula is C20H20FN5OS. The Morgan fingerprint density at radius 3 is 2.68 bits per heavy atom. The highest BCUT2D eigenvalue weighted by atomic mass is 32.2. The summed E-state index contributed by atoms with van der Waals surface area (Å²) in [6.45, 7) is 3.94. The topological polar surface area (TPSA) is 71.8 Å². The van der Waals surface area contributed by atoms with E-state index in [0.717, 1.165) is 22.6 Å². The Morgan fingerprint density at radius 1 is 1.21 bits per heavy atom. The molecule has 1 aromatic heterocycles. The van der Waals surface area contributed by atoms with E-state index in [9.17, 15) is 9.18 Å². The molecule has 28 heavy (non-hydrogen) atoms. The Hall–Kier alpha value is -2.87. The first-order valence-electron chi connectivity index (χ1n) is 9.06. The van der Waals surface area contributed by atoms with Crippen molar-refractivity contribution in [1.29, 1.82) is 0 Å². The molecule has 8 heteroatoms. The summed E-state index contributed by atoms with van der Waals surface area (Å²) in [7, 11) is 0. The van der Waals surface area contributed by atoms with Crippen molar-refractivity contribution in [3.05, 3.63) is 71.3 Å². The molecule has 0 aliphatic carbocycles. The summed E-state index contributed by atoms with van der Waals surface area (Å²) < 4.78 is 15.2. The number of fused-ring (bicyclic) bond motifs is 1. The highest BCUT2D eigenvalue weighted by Crippen LogP contribution is 2.37. The molecule has 4 rings (SSSR count).